The molecule has 1 rings (SSSR count). The monoisotopic (exact) mass is 237 g/mol. The second-order valence-electron chi connectivity index (χ2n) is 3.67. The van der Waals surface area contributed by atoms with Crippen molar-refractivity contribution in [2.45, 2.75) is 36.6 Å². The minimum atomic E-state index is -2.79. The van der Waals surface area contributed by atoms with E-state index in [1.165, 1.54) is 0 Å². The molecule has 0 aromatic carbocycles. The van der Waals surface area contributed by atoms with Crippen LogP contribution in [0.3, 0.4) is 0 Å². The van der Waals surface area contributed by atoms with E-state index in [4.69, 9.17) is 5.11 Å². The number of hydrogen-bond donors (Lipinski definition) is 5. The van der Waals surface area contributed by atoms with Gasteiger partial charge in [-0.25, -0.2) is 0 Å². The summed E-state index contributed by atoms with van der Waals surface area (Å²) in [5.41, 5.74) is 0. The van der Waals surface area contributed by atoms with Crippen LogP contribution in [0.25, 0.3) is 0 Å². The summed E-state index contributed by atoms with van der Waals surface area (Å²) in [6, 6.07) is 0. The van der Waals surface area contributed by atoms with Gasteiger partial charge in [-0.05, 0) is 0 Å². The van der Waals surface area contributed by atoms with E-state index in [1.54, 1.807) is 0 Å². The number of carbonyl (C=O) groups is 1. The van der Waals surface area contributed by atoms with Crippen LogP contribution in [-0.4, -0.2) is 68.3 Å². The van der Waals surface area contributed by atoms with Crippen LogP contribution in [0.2, 0.25) is 0 Å². The number of carboxylic acid groups (broad SMARTS) is 1. The fourth-order valence-corrected chi connectivity index (χ4v) is 1.51. The fraction of sp³-hybridized carbons (Fsp3) is 0.875. The maximum absolute atomic E-state index is 10.6. The Balaban J connectivity index is 2.89. The van der Waals surface area contributed by atoms with E-state index in [9.17, 15) is 30.3 Å². The van der Waals surface area contributed by atoms with Gasteiger partial charge in [0.25, 0.3) is 0 Å². The van der Waals surface area contributed by atoms with Crippen molar-refractivity contribution in [2.24, 2.45) is 0 Å². The molecule has 1 aliphatic heterocycles. The zero-order valence-electron chi connectivity index (χ0n) is 8.18. The summed E-state index contributed by atoms with van der Waals surface area (Å²) in [7, 11) is 0. The fourth-order valence-electron chi connectivity index (χ4n) is 1.51. The lowest BCUT2D eigenvalue weighted by Gasteiger charge is -2.43. The number of ether oxygens (including phenoxy) is 1. The maximum Gasteiger partial charge on any atom is 0.210 e. The molecular formula is C8H13O8-. The molecule has 16 heavy (non-hydrogen) atoms. The minimum absolute atomic E-state index is 0.787. The molecule has 1 fully saturated rings. The maximum atomic E-state index is 10.6. The molecule has 5 atom stereocenters. The van der Waals surface area contributed by atoms with Gasteiger partial charge in [0, 0.05) is 6.42 Å². The number of aliphatic carboxylic acids is 1. The third-order valence-electron chi connectivity index (χ3n) is 2.43. The molecule has 0 spiro atoms. The van der Waals surface area contributed by atoms with Crippen LogP contribution >= 0.6 is 0 Å². The lowest BCUT2D eigenvalue weighted by Crippen LogP contribution is -2.64. The highest BCUT2D eigenvalue weighted by Crippen LogP contribution is 2.28. The van der Waals surface area contributed by atoms with E-state index in [-0.39, 0.29) is 0 Å². The summed E-state index contributed by atoms with van der Waals surface area (Å²) in [5.74, 6) is -4.78. The summed E-state index contributed by atoms with van der Waals surface area (Å²) in [6.45, 7) is -0.822. The van der Waals surface area contributed by atoms with Gasteiger partial charge >= 0.3 is 0 Å². The van der Waals surface area contributed by atoms with Crippen molar-refractivity contribution in [2.75, 3.05) is 6.61 Å². The summed E-state index contributed by atoms with van der Waals surface area (Å²) in [5, 5.41) is 56.5. The summed E-state index contributed by atoms with van der Waals surface area (Å²) < 4.78 is 4.54. The van der Waals surface area contributed by atoms with Crippen molar-refractivity contribution >= 4 is 5.97 Å². The van der Waals surface area contributed by atoms with Gasteiger partial charge in [0.1, 0.15) is 24.3 Å². The molecule has 5 N–H and O–H groups in total. The molecule has 1 heterocycles. The minimum Gasteiger partial charge on any atom is -0.544 e. The van der Waals surface area contributed by atoms with E-state index in [2.05, 4.69) is 4.74 Å². The number of rotatable bonds is 3. The predicted octanol–water partition coefficient (Wildman–Crippen LogP) is -4.71. The highest BCUT2D eigenvalue weighted by Gasteiger charge is 2.48. The first kappa shape index (κ1) is 13.3. The quantitative estimate of drug-likeness (QED) is 0.328. The largest absolute Gasteiger partial charge is 0.544 e. The van der Waals surface area contributed by atoms with Crippen molar-refractivity contribution in [3.8, 4) is 0 Å². The summed E-state index contributed by atoms with van der Waals surface area (Å²) in [4.78, 5) is 10.6. The molecule has 8 nitrogen and oxygen atoms in total. The lowest BCUT2D eigenvalue weighted by atomic mass is 9.93. The molecule has 8 heteroatoms. The molecule has 0 radical (unpaired) electrons. The number of aliphatic hydroxyl groups is 5. The third-order valence-corrected chi connectivity index (χ3v) is 2.43. The van der Waals surface area contributed by atoms with Crippen molar-refractivity contribution in [1.82, 2.24) is 0 Å². The molecule has 0 bridgehead atoms. The van der Waals surface area contributed by atoms with Gasteiger partial charge in [0.05, 0.1) is 12.7 Å². The highest BCUT2D eigenvalue weighted by atomic mass is 16.7. The van der Waals surface area contributed by atoms with Crippen molar-refractivity contribution < 1.29 is 40.2 Å². The van der Waals surface area contributed by atoms with Crippen molar-refractivity contribution in [1.29, 1.82) is 0 Å². The van der Waals surface area contributed by atoms with Crippen LogP contribution in [0.5, 0.6) is 0 Å². The summed E-state index contributed by atoms with van der Waals surface area (Å²) >= 11 is 0. The van der Waals surface area contributed by atoms with Crippen LogP contribution in [0.15, 0.2) is 0 Å². The molecule has 0 unspecified atom stereocenters. The van der Waals surface area contributed by atoms with Gasteiger partial charge in [0.15, 0.2) is 0 Å². The number of carbonyl (C=O) groups excluding carboxylic acids is 1. The Bertz CT molecular complexity index is 269. The van der Waals surface area contributed by atoms with Gasteiger partial charge < -0.3 is 40.2 Å². The Morgan fingerprint density at radius 2 is 2.12 bits per heavy atom. The van der Waals surface area contributed by atoms with Gasteiger partial charge in [-0.3, -0.25) is 0 Å². The average molecular weight is 237 g/mol. The number of aliphatic hydroxyl groups excluding tert-OH is 4. The Hall–Kier alpha value is -0.770. The van der Waals surface area contributed by atoms with Crippen LogP contribution in [0.1, 0.15) is 6.42 Å². The Morgan fingerprint density at radius 3 is 2.56 bits per heavy atom. The van der Waals surface area contributed by atoms with E-state index >= 15 is 0 Å². The number of hydrogen-bond acceptors (Lipinski definition) is 8. The van der Waals surface area contributed by atoms with Crippen LogP contribution in [0, 0.1) is 0 Å². The van der Waals surface area contributed by atoms with Gasteiger partial charge in [-0.2, -0.15) is 0 Å². The topological polar surface area (TPSA) is 151 Å². The zero-order chi connectivity index (χ0) is 12.5. The molecule has 0 aromatic rings. The van der Waals surface area contributed by atoms with Crippen LogP contribution < -0.4 is 5.11 Å². The Labute approximate surface area is 90.3 Å². The second kappa shape index (κ2) is 4.62. The molecular weight excluding hydrogens is 224 g/mol. The average Bonchev–Trinajstić information content (AvgIpc) is 2.22. The first-order valence-electron chi connectivity index (χ1n) is 4.58. The van der Waals surface area contributed by atoms with Gasteiger partial charge in [0.2, 0.25) is 5.79 Å². The molecule has 0 aliphatic carbocycles. The van der Waals surface area contributed by atoms with E-state index in [1.807, 2.05) is 0 Å². The first-order chi connectivity index (χ1) is 7.31. The Morgan fingerprint density at radius 1 is 1.56 bits per heavy atom. The molecule has 1 aliphatic rings. The van der Waals surface area contributed by atoms with Gasteiger partial charge in [-0.15, -0.1) is 0 Å². The molecule has 94 valence electrons. The van der Waals surface area contributed by atoms with Crippen molar-refractivity contribution in [3.63, 3.8) is 0 Å². The smallest absolute Gasteiger partial charge is 0.210 e. The van der Waals surface area contributed by atoms with Gasteiger partial charge in [-0.1, -0.05) is 0 Å². The number of carboxylic acids is 1. The zero-order valence-corrected chi connectivity index (χ0v) is 8.18. The van der Waals surface area contributed by atoms with E-state index in [0.717, 1.165) is 0 Å². The molecule has 0 amide bonds. The van der Waals surface area contributed by atoms with Crippen LogP contribution in [0.4, 0.5) is 0 Å². The van der Waals surface area contributed by atoms with E-state index < -0.39 is 49.2 Å². The molecule has 1 saturated heterocycles. The van der Waals surface area contributed by atoms with E-state index in [0.29, 0.717) is 0 Å². The normalized spacial score (nSPS) is 41.7. The lowest BCUT2D eigenvalue weighted by molar-refractivity contribution is -0.378. The van der Waals surface area contributed by atoms with Crippen LogP contribution in [-0.2, 0) is 9.53 Å². The standard InChI is InChI=1S/C8H14O8/c9-2-4(11)6-5(12)3(10)1-8(15,16-6)7(13)14/h3-6,9-12,15H,1-2H2,(H,13,14)/p-1/t3-,4-,5-,6-,8+/m1/s1. The second-order valence-corrected chi connectivity index (χ2v) is 3.67. The van der Waals surface area contributed by atoms with Crippen molar-refractivity contribution in [3.05, 3.63) is 0 Å². The third kappa shape index (κ3) is 2.32. The highest BCUT2D eigenvalue weighted by molar-refractivity contribution is 5.73. The summed E-state index contributed by atoms with van der Waals surface area (Å²) in [6.07, 6.45) is -7.25. The SMILES string of the molecule is O=C([O-])[C@]1(O)C[C@@H](O)[C@@H](O)[C@@H]([C@H](O)CO)O1. The Kier molecular flexibility index (Phi) is 3.84. The molecule has 0 aromatic heterocycles. The predicted molar refractivity (Wildman–Crippen MR) is 44.6 cm³/mol. The molecule has 0 saturated carbocycles. The first-order valence-corrected chi connectivity index (χ1v) is 4.58.